The van der Waals surface area contributed by atoms with Gasteiger partial charge in [-0.15, -0.1) is 11.3 Å². The molecule has 0 aromatic carbocycles. The number of rotatable bonds is 3. The van der Waals surface area contributed by atoms with Crippen molar-refractivity contribution >= 4 is 11.3 Å². The van der Waals surface area contributed by atoms with Crippen LogP contribution in [0.2, 0.25) is 0 Å². The molecule has 3 N–H and O–H groups in total. The molecule has 2 unspecified atom stereocenters. The van der Waals surface area contributed by atoms with E-state index in [1.54, 1.807) is 11.3 Å². The van der Waals surface area contributed by atoms with Gasteiger partial charge in [0.05, 0.1) is 11.2 Å². The first-order chi connectivity index (χ1) is 8.08. The summed E-state index contributed by atoms with van der Waals surface area (Å²) in [5, 5.41) is 6.74. The molecule has 1 aliphatic heterocycles. The summed E-state index contributed by atoms with van der Waals surface area (Å²) in [5.41, 5.74) is 7.63. The quantitative estimate of drug-likeness (QED) is 0.870. The fourth-order valence-electron chi connectivity index (χ4n) is 2.51. The van der Waals surface area contributed by atoms with Crippen LogP contribution in [-0.4, -0.2) is 18.1 Å². The molecule has 0 saturated carbocycles. The monoisotopic (exact) mass is 253 g/mol. The lowest BCUT2D eigenvalue weighted by Gasteiger charge is -2.39. The average molecular weight is 253 g/mol. The number of thiazole rings is 1. The van der Waals surface area contributed by atoms with Crippen LogP contribution in [0.25, 0.3) is 0 Å². The summed E-state index contributed by atoms with van der Waals surface area (Å²) in [7, 11) is 0. The van der Waals surface area contributed by atoms with Gasteiger partial charge in [0.2, 0.25) is 0 Å². The third kappa shape index (κ3) is 2.39. The summed E-state index contributed by atoms with van der Waals surface area (Å²) in [6.07, 6.45) is 2.11. The highest BCUT2D eigenvalue weighted by Gasteiger charge is 2.40. The standard InChI is InChI=1S/C13H23N3S/c1-4-10-7-15-6-5-13(10,14)12-16-11(8-17-12)9(2)3/h8-10,15H,4-7,14H2,1-3H3. The van der Waals surface area contributed by atoms with E-state index in [0.717, 1.165) is 30.9 Å². The van der Waals surface area contributed by atoms with E-state index in [4.69, 9.17) is 10.7 Å². The maximum atomic E-state index is 6.66. The Morgan fingerprint density at radius 3 is 3.00 bits per heavy atom. The second kappa shape index (κ2) is 5.04. The second-order valence-electron chi connectivity index (χ2n) is 5.33. The highest BCUT2D eigenvalue weighted by atomic mass is 32.1. The van der Waals surface area contributed by atoms with Gasteiger partial charge in [-0.3, -0.25) is 0 Å². The minimum absolute atomic E-state index is 0.211. The van der Waals surface area contributed by atoms with Gasteiger partial charge in [-0.2, -0.15) is 0 Å². The van der Waals surface area contributed by atoms with E-state index < -0.39 is 0 Å². The molecule has 0 radical (unpaired) electrons. The van der Waals surface area contributed by atoms with Crippen LogP contribution in [0.1, 0.15) is 50.2 Å². The fraction of sp³-hybridized carbons (Fsp3) is 0.769. The lowest BCUT2D eigenvalue weighted by molar-refractivity contribution is 0.199. The van der Waals surface area contributed by atoms with E-state index in [0.29, 0.717) is 11.8 Å². The molecule has 2 rings (SSSR count). The molecular formula is C13H23N3S. The van der Waals surface area contributed by atoms with Crippen LogP contribution in [0.15, 0.2) is 5.38 Å². The van der Waals surface area contributed by atoms with E-state index in [2.05, 4.69) is 31.5 Å². The lowest BCUT2D eigenvalue weighted by atomic mass is 9.78. The number of nitrogens with zero attached hydrogens (tertiary/aromatic N) is 1. The molecule has 0 bridgehead atoms. The van der Waals surface area contributed by atoms with E-state index >= 15 is 0 Å². The number of piperidine rings is 1. The van der Waals surface area contributed by atoms with Crippen LogP contribution in [0.3, 0.4) is 0 Å². The van der Waals surface area contributed by atoms with Crippen molar-refractivity contribution in [2.45, 2.75) is 45.1 Å². The number of aromatic nitrogens is 1. The van der Waals surface area contributed by atoms with Crippen molar-refractivity contribution in [2.24, 2.45) is 11.7 Å². The van der Waals surface area contributed by atoms with Crippen molar-refractivity contribution in [3.8, 4) is 0 Å². The molecule has 3 nitrogen and oxygen atoms in total. The van der Waals surface area contributed by atoms with Crippen molar-refractivity contribution in [1.82, 2.24) is 10.3 Å². The predicted molar refractivity (Wildman–Crippen MR) is 73.3 cm³/mol. The highest BCUT2D eigenvalue weighted by Crippen LogP contribution is 2.36. The highest BCUT2D eigenvalue weighted by molar-refractivity contribution is 7.09. The first kappa shape index (κ1) is 13.0. The van der Waals surface area contributed by atoms with Crippen LogP contribution in [0.5, 0.6) is 0 Å². The summed E-state index contributed by atoms with van der Waals surface area (Å²) >= 11 is 1.74. The zero-order chi connectivity index (χ0) is 12.5. The smallest absolute Gasteiger partial charge is 0.113 e. The molecule has 17 heavy (non-hydrogen) atoms. The topological polar surface area (TPSA) is 50.9 Å². The Hall–Kier alpha value is -0.450. The Morgan fingerprint density at radius 1 is 1.65 bits per heavy atom. The van der Waals surface area contributed by atoms with Gasteiger partial charge in [-0.25, -0.2) is 4.98 Å². The first-order valence-electron chi connectivity index (χ1n) is 6.53. The Morgan fingerprint density at radius 2 is 2.41 bits per heavy atom. The van der Waals surface area contributed by atoms with E-state index in [1.807, 2.05) is 0 Å². The van der Waals surface area contributed by atoms with Gasteiger partial charge in [-0.1, -0.05) is 20.8 Å². The molecule has 1 aromatic rings. The SMILES string of the molecule is CCC1CNCCC1(N)c1nc(C(C)C)cs1. The van der Waals surface area contributed by atoms with E-state index in [9.17, 15) is 0 Å². The van der Waals surface area contributed by atoms with Gasteiger partial charge in [0.15, 0.2) is 0 Å². The number of hydrogen-bond donors (Lipinski definition) is 2. The molecule has 1 aliphatic rings. The zero-order valence-corrected chi connectivity index (χ0v) is 11.8. The number of nitrogens with one attached hydrogen (secondary N) is 1. The summed E-state index contributed by atoms with van der Waals surface area (Å²) in [6.45, 7) is 8.60. The molecule has 0 spiro atoms. The Labute approximate surface area is 108 Å². The van der Waals surface area contributed by atoms with Crippen LogP contribution >= 0.6 is 11.3 Å². The van der Waals surface area contributed by atoms with E-state index in [-0.39, 0.29) is 5.54 Å². The zero-order valence-electron chi connectivity index (χ0n) is 11.0. The third-order valence-corrected chi connectivity index (χ3v) is 4.89. The Kier molecular flexibility index (Phi) is 3.85. The Bertz CT molecular complexity index is 374. The summed E-state index contributed by atoms with van der Waals surface area (Å²) in [4.78, 5) is 4.77. The van der Waals surface area contributed by atoms with Gasteiger partial charge < -0.3 is 11.1 Å². The maximum Gasteiger partial charge on any atom is 0.113 e. The van der Waals surface area contributed by atoms with E-state index in [1.165, 1.54) is 5.69 Å². The molecule has 1 saturated heterocycles. The second-order valence-corrected chi connectivity index (χ2v) is 6.19. The van der Waals surface area contributed by atoms with Crippen molar-refractivity contribution < 1.29 is 0 Å². The van der Waals surface area contributed by atoms with Crippen molar-refractivity contribution in [3.05, 3.63) is 16.1 Å². The van der Waals surface area contributed by atoms with Gasteiger partial charge in [0, 0.05) is 11.9 Å². The average Bonchev–Trinajstić information content (AvgIpc) is 2.79. The Balaban J connectivity index is 2.28. The molecule has 0 amide bonds. The van der Waals surface area contributed by atoms with Crippen LogP contribution < -0.4 is 11.1 Å². The molecule has 2 heterocycles. The largest absolute Gasteiger partial charge is 0.319 e. The number of nitrogens with two attached hydrogens (primary N) is 1. The van der Waals surface area contributed by atoms with Crippen molar-refractivity contribution in [1.29, 1.82) is 0 Å². The minimum atomic E-state index is -0.211. The van der Waals surface area contributed by atoms with Crippen LogP contribution in [-0.2, 0) is 5.54 Å². The fourth-order valence-corrected chi connectivity index (χ4v) is 3.72. The van der Waals surface area contributed by atoms with Gasteiger partial charge in [0.1, 0.15) is 5.01 Å². The van der Waals surface area contributed by atoms with Gasteiger partial charge >= 0.3 is 0 Å². The lowest BCUT2D eigenvalue weighted by Crippen LogP contribution is -2.53. The molecule has 0 aliphatic carbocycles. The molecule has 96 valence electrons. The minimum Gasteiger partial charge on any atom is -0.319 e. The molecule has 1 fully saturated rings. The van der Waals surface area contributed by atoms with Crippen LogP contribution in [0.4, 0.5) is 0 Å². The molecular weight excluding hydrogens is 230 g/mol. The summed E-state index contributed by atoms with van der Waals surface area (Å²) in [6, 6.07) is 0. The summed E-state index contributed by atoms with van der Waals surface area (Å²) in [5.74, 6) is 0.993. The molecule has 2 atom stereocenters. The van der Waals surface area contributed by atoms with Gasteiger partial charge in [0.25, 0.3) is 0 Å². The molecule has 4 heteroatoms. The molecule has 1 aromatic heterocycles. The predicted octanol–water partition coefficient (Wildman–Crippen LogP) is 2.44. The number of hydrogen-bond acceptors (Lipinski definition) is 4. The van der Waals surface area contributed by atoms with Crippen molar-refractivity contribution in [2.75, 3.05) is 13.1 Å². The van der Waals surface area contributed by atoms with Crippen LogP contribution in [0, 0.1) is 5.92 Å². The normalized spacial score (nSPS) is 29.8. The first-order valence-corrected chi connectivity index (χ1v) is 7.41. The maximum absolute atomic E-state index is 6.66. The van der Waals surface area contributed by atoms with Gasteiger partial charge in [-0.05, 0) is 31.2 Å². The third-order valence-electron chi connectivity index (χ3n) is 3.84. The van der Waals surface area contributed by atoms with Crippen molar-refractivity contribution in [3.63, 3.8) is 0 Å². The summed E-state index contributed by atoms with van der Waals surface area (Å²) < 4.78 is 0.